The highest BCUT2D eigenvalue weighted by Gasteiger charge is 2.30. The molecule has 0 unspecified atom stereocenters. The highest BCUT2D eigenvalue weighted by molar-refractivity contribution is 5.59. The molecule has 0 aromatic carbocycles. The Morgan fingerprint density at radius 3 is 2.10 bits per heavy atom. The topological polar surface area (TPSA) is 23.6 Å². The van der Waals surface area contributed by atoms with Gasteiger partial charge in [-0.15, -0.1) is 0 Å². The maximum atomic E-state index is 11.4. The molecule has 3 heteroatoms. The lowest BCUT2D eigenvalue weighted by atomic mass is 9.82. The highest BCUT2D eigenvalue weighted by Crippen LogP contribution is 2.28. The molecule has 3 nitrogen and oxygen atoms in total. The van der Waals surface area contributed by atoms with Crippen molar-refractivity contribution < 1.29 is 4.79 Å². The van der Waals surface area contributed by atoms with E-state index in [2.05, 4.69) is 23.6 Å². The number of rotatable bonds is 7. The highest BCUT2D eigenvalue weighted by atomic mass is 16.1. The van der Waals surface area contributed by atoms with E-state index in [0.717, 1.165) is 25.3 Å². The fourth-order valence-corrected chi connectivity index (χ4v) is 3.78. The largest absolute Gasteiger partial charge is 0.303 e. The predicted octanol–water partition coefficient (Wildman–Crippen LogP) is 2.80. The molecule has 2 saturated heterocycles. The third-order valence-corrected chi connectivity index (χ3v) is 5.62. The van der Waals surface area contributed by atoms with Crippen LogP contribution in [0.2, 0.25) is 0 Å². The van der Waals surface area contributed by atoms with Crippen LogP contribution in [0.3, 0.4) is 0 Å². The van der Waals surface area contributed by atoms with Crippen LogP contribution in [0.4, 0.5) is 0 Å². The van der Waals surface area contributed by atoms with Gasteiger partial charge in [0.25, 0.3) is 0 Å². The maximum Gasteiger partial charge on any atom is 0.127 e. The quantitative estimate of drug-likeness (QED) is 0.670. The molecule has 116 valence electrons. The lowest BCUT2D eigenvalue weighted by Gasteiger charge is -2.38. The van der Waals surface area contributed by atoms with E-state index in [1.54, 1.807) is 0 Å². The second-order valence-corrected chi connectivity index (χ2v) is 6.91. The van der Waals surface area contributed by atoms with Gasteiger partial charge in [-0.1, -0.05) is 13.8 Å². The second kappa shape index (κ2) is 7.56. The number of hydrogen-bond acceptors (Lipinski definition) is 3. The zero-order valence-corrected chi connectivity index (χ0v) is 13.4. The SMILES string of the molecule is CCC(C=O)(CC)CN1CCC(CN2CCCC2)CC1. The van der Waals surface area contributed by atoms with Crippen LogP contribution in [0.15, 0.2) is 0 Å². The first-order valence-electron chi connectivity index (χ1n) is 8.62. The summed E-state index contributed by atoms with van der Waals surface area (Å²) in [6.07, 6.45) is 8.59. The molecule has 0 aromatic rings. The van der Waals surface area contributed by atoms with Gasteiger partial charge in [0.05, 0.1) is 0 Å². The van der Waals surface area contributed by atoms with Crippen LogP contribution < -0.4 is 0 Å². The van der Waals surface area contributed by atoms with E-state index in [9.17, 15) is 4.79 Å². The molecule has 0 radical (unpaired) electrons. The second-order valence-electron chi connectivity index (χ2n) is 6.91. The van der Waals surface area contributed by atoms with Gasteiger partial charge in [-0.3, -0.25) is 0 Å². The van der Waals surface area contributed by atoms with Crippen molar-refractivity contribution in [2.75, 3.05) is 39.3 Å². The van der Waals surface area contributed by atoms with Crippen LogP contribution in [0.1, 0.15) is 52.4 Å². The molecular formula is C17H32N2O. The Hall–Kier alpha value is -0.410. The Morgan fingerprint density at radius 2 is 1.60 bits per heavy atom. The molecule has 2 aliphatic heterocycles. The summed E-state index contributed by atoms with van der Waals surface area (Å²) in [5, 5.41) is 0. The molecule has 0 saturated carbocycles. The van der Waals surface area contributed by atoms with Crippen LogP contribution >= 0.6 is 0 Å². The van der Waals surface area contributed by atoms with E-state index in [-0.39, 0.29) is 5.41 Å². The van der Waals surface area contributed by atoms with Gasteiger partial charge in [-0.2, -0.15) is 0 Å². The van der Waals surface area contributed by atoms with E-state index >= 15 is 0 Å². The van der Waals surface area contributed by atoms with Gasteiger partial charge >= 0.3 is 0 Å². The minimum Gasteiger partial charge on any atom is -0.303 e. The Labute approximate surface area is 124 Å². The standard InChI is InChI=1S/C17H32N2O/c1-3-17(4-2,15-20)14-19-11-7-16(8-12-19)13-18-9-5-6-10-18/h15-16H,3-14H2,1-2H3. The van der Waals surface area contributed by atoms with Crippen LogP contribution in [0, 0.1) is 11.3 Å². The summed E-state index contributed by atoms with van der Waals surface area (Å²) >= 11 is 0. The van der Waals surface area contributed by atoms with Gasteiger partial charge in [0, 0.05) is 18.5 Å². The van der Waals surface area contributed by atoms with Gasteiger partial charge in [0.1, 0.15) is 6.29 Å². The summed E-state index contributed by atoms with van der Waals surface area (Å²) in [5.41, 5.74) is -0.0954. The third-order valence-electron chi connectivity index (χ3n) is 5.62. The van der Waals surface area contributed by atoms with Crippen LogP contribution in [0.5, 0.6) is 0 Å². The number of nitrogens with zero attached hydrogens (tertiary/aromatic N) is 2. The van der Waals surface area contributed by atoms with Crippen LogP contribution in [-0.2, 0) is 4.79 Å². The number of piperidine rings is 1. The van der Waals surface area contributed by atoms with Gasteiger partial charge in [-0.25, -0.2) is 0 Å². The summed E-state index contributed by atoms with van der Waals surface area (Å²) in [4.78, 5) is 16.6. The Bertz CT molecular complexity index is 287. The van der Waals surface area contributed by atoms with Crippen molar-refractivity contribution in [3.63, 3.8) is 0 Å². The smallest absolute Gasteiger partial charge is 0.127 e. The first-order chi connectivity index (χ1) is 9.71. The molecule has 0 aliphatic carbocycles. The summed E-state index contributed by atoms with van der Waals surface area (Å²) in [6, 6.07) is 0. The number of carbonyl (C=O) groups excluding carboxylic acids is 1. The molecule has 20 heavy (non-hydrogen) atoms. The molecule has 2 aliphatic rings. The van der Waals surface area contributed by atoms with Crippen LogP contribution in [-0.4, -0.2) is 55.4 Å². The average molecular weight is 280 g/mol. The Balaban J connectivity index is 1.74. The fraction of sp³-hybridized carbons (Fsp3) is 0.941. The maximum absolute atomic E-state index is 11.4. The summed E-state index contributed by atoms with van der Waals surface area (Å²) in [6.45, 7) is 11.6. The molecule has 0 atom stereocenters. The third kappa shape index (κ3) is 4.05. The summed E-state index contributed by atoms with van der Waals surface area (Å²) < 4.78 is 0. The normalized spacial score (nSPS) is 23.3. The minimum atomic E-state index is -0.0954. The minimum absolute atomic E-state index is 0.0954. The molecule has 0 N–H and O–H groups in total. The van der Waals surface area contributed by atoms with Crippen molar-refractivity contribution >= 4 is 6.29 Å². The van der Waals surface area contributed by atoms with Gasteiger partial charge < -0.3 is 14.6 Å². The number of carbonyl (C=O) groups is 1. The van der Waals surface area contributed by atoms with E-state index in [1.165, 1.54) is 64.7 Å². The molecule has 0 spiro atoms. The van der Waals surface area contributed by atoms with Crippen LogP contribution in [0.25, 0.3) is 0 Å². The molecule has 2 fully saturated rings. The van der Waals surface area contributed by atoms with Crippen molar-refractivity contribution in [1.29, 1.82) is 0 Å². The summed E-state index contributed by atoms with van der Waals surface area (Å²) in [5.74, 6) is 0.887. The fourth-order valence-electron chi connectivity index (χ4n) is 3.78. The van der Waals surface area contributed by atoms with Gasteiger partial charge in [0.15, 0.2) is 0 Å². The Kier molecular flexibility index (Phi) is 6.03. The zero-order valence-electron chi connectivity index (χ0n) is 13.4. The molecule has 2 heterocycles. The Morgan fingerprint density at radius 1 is 1.00 bits per heavy atom. The lowest BCUT2D eigenvalue weighted by molar-refractivity contribution is -0.118. The molecule has 0 aromatic heterocycles. The van der Waals surface area contributed by atoms with E-state index in [1.807, 2.05) is 0 Å². The van der Waals surface area contributed by atoms with Crippen molar-refractivity contribution in [1.82, 2.24) is 9.80 Å². The molecule has 0 bridgehead atoms. The molecule has 0 amide bonds. The first-order valence-corrected chi connectivity index (χ1v) is 8.62. The van der Waals surface area contributed by atoms with Crippen molar-refractivity contribution in [3.8, 4) is 0 Å². The number of hydrogen-bond donors (Lipinski definition) is 0. The van der Waals surface area contributed by atoms with Gasteiger partial charge in [0.2, 0.25) is 0 Å². The van der Waals surface area contributed by atoms with Gasteiger partial charge in [-0.05, 0) is 70.6 Å². The van der Waals surface area contributed by atoms with E-state index < -0.39 is 0 Å². The predicted molar refractivity (Wildman–Crippen MR) is 83.9 cm³/mol. The number of likely N-dealkylation sites (tertiary alicyclic amines) is 2. The zero-order chi connectivity index (χ0) is 14.4. The van der Waals surface area contributed by atoms with Crippen molar-refractivity contribution in [2.24, 2.45) is 11.3 Å². The van der Waals surface area contributed by atoms with E-state index in [4.69, 9.17) is 0 Å². The first kappa shape index (κ1) is 16.0. The molecule has 2 rings (SSSR count). The van der Waals surface area contributed by atoms with Crippen molar-refractivity contribution in [3.05, 3.63) is 0 Å². The van der Waals surface area contributed by atoms with Crippen molar-refractivity contribution in [2.45, 2.75) is 52.4 Å². The monoisotopic (exact) mass is 280 g/mol. The summed E-state index contributed by atoms with van der Waals surface area (Å²) in [7, 11) is 0. The molecular weight excluding hydrogens is 248 g/mol. The number of aldehydes is 1. The van der Waals surface area contributed by atoms with E-state index in [0.29, 0.717) is 0 Å². The lowest BCUT2D eigenvalue weighted by Crippen LogP contribution is -2.44. The average Bonchev–Trinajstić information content (AvgIpc) is 3.00.